The van der Waals surface area contributed by atoms with Gasteiger partial charge < -0.3 is 25.8 Å². The van der Waals surface area contributed by atoms with Crippen LogP contribution in [-0.2, 0) is 17.8 Å². The number of pyridine rings is 2. The Morgan fingerprint density at radius 3 is 2.53 bits per heavy atom. The zero-order chi connectivity index (χ0) is 27.2. The van der Waals surface area contributed by atoms with Crippen molar-refractivity contribution >= 4 is 17.9 Å². The van der Waals surface area contributed by atoms with Crippen molar-refractivity contribution in [1.29, 1.82) is 5.41 Å². The molecule has 0 atom stereocenters. The predicted molar refractivity (Wildman–Crippen MR) is 150 cm³/mol. The van der Waals surface area contributed by atoms with Crippen molar-refractivity contribution < 1.29 is 9.53 Å². The fourth-order valence-corrected chi connectivity index (χ4v) is 4.58. The Bertz CT molecular complexity index is 1360. The number of ether oxygens (including phenoxy) is 1. The molecule has 1 saturated heterocycles. The lowest BCUT2D eigenvalue weighted by atomic mass is 10.0. The lowest BCUT2D eigenvalue weighted by Crippen LogP contribution is -2.35. The number of carbonyl (C=O) groups is 1. The fraction of sp³-hybridized carbons (Fsp3) is 0.379. The summed E-state index contributed by atoms with van der Waals surface area (Å²) >= 11 is 0. The van der Waals surface area contributed by atoms with Crippen LogP contribution in [0.5, 0.6) is 0 Å². The third kappa shape index (κ3) is 6.54. The number of carbonyl (C=O) groups excluding carboxylic acids is 1. The van der Waals surface area contributed by atoms with E-state index in [9.17, 15) is 9.59 Å². The molecule has 1 aromatic carbocycles. The molecule has 0 bridgehead atoms. The van der Waals surface area contributed by atoms with E-state index in [0.717, 1.165) is 55.9 Å². The molecule has 2 aromatic heterocycles. The van der Waals surface area contributed by atoms with Crippen molar-refractivity contribution in [2.24, 2.45) is 0 Å². The van der Waals surface area contributed by atoms with E-state index in [4.69, 9.17) is 15.1 Å². The normalized spacial score (nSPS) is 13.9. The summed E-state index contributed by atoms with van der Waals surface area (Å²) in [5, 5.41) is 14.2. The summed E-state index contributed by atoms with van der Waals surface area (Å²) in [5.74, 6) is 0.0988. The molecule has 9 nitrogen and oxygen atoms in total. The summed E-state index contributed by atoms with van der Waals surface area (Å²) in [6.07, 6.45) is 1.14. The first-order valence-corrected chi connectivity index (χ1v) is 12.9. The van der Waals surface area contributed by atoms with E-state index in [1.807, 2.05) is 45.9 Å². The molecule has 1 aliphatic rings. The summed E-state index contributed by atoms with van der Waals surface area (Å²) in [6.45, 7) is 11.9. The lowest BCUT2D eigenvalue weighted by Gasteiger charge is -2.26. The van der Waals surface area contributed by atoms with E-state index < -0.39 is 0 Å². The zero-order valence-corrected chi connectivity index (χ0v) is 22.5. The lowest BCUT2D eigenvalue weighted by molar-refractivity contribution is 0.0342. The van der Waals surface area contributed by atoms with Gasteiger partial charge >= 0.3 is 0 Å². The molecule has 3 heterocycles. The van der Waals surface area contributed by atoms with Gasteiger partial charge in [-0.25, -0.2) is 4.98 Å². The van der Waals surface area contributed by atoms with Crippen LogP contribution in [0.1, 0.15) is 52.2 Å². The SMILES string of the molecule is Cc1cc(C)c(CNC(=O)c2cc(-c3ccc(CN4CCOCC4)cc3)nc(NC(C)C)c2C=N)c(=O)[nH]1. The van der Waals surface area contributed by atoms with Gasteiger partial charge in [0.2, 0.25) is 0 Å². The highest BCUT2D eigenvalue weighted by molar-refractivity contribution is 6.05. The van der Waals surface area contributed by atoms with Crippen molar-refractivity contribution in [1.82, 2.24) is 20.2 Å². The monoisotopic (exact) mass is 516 g/mol. The minimum absolute atomic E-state index is 0.0528. The average molecular weight is 517 g/mol. The maximum absolute atomic E-state index is 13.4. The van der Waals surface area contributed by atoms with Gasteiger partial charge in [-0.3, -0.25) is 14.5 Å². The van der Waals surface area contributed by atoms with E-state index in [0.29, 0.717) is 28.2 Å². The number of rotatable bonds is 9. The maximum Gasteiger partial charge on any atom is 0.253 e. The number of H-pyrrole nitrogens is 1. The van der Waals surface area contributed by atoms with Crippen molar-refractivity contribution in [3.05, 3.63) is 80.3 Å². The molecule has 1 fully saturated rings. The smallest absolute Gasteiger partial charge is 0.253 e. The van der Waals surface area contributed by atoms with Crippen molar-refractivity contribution in [3.63, 3.8) is 0 Å². The fourth-order valence-electron chi connectivity index (χ4n) is 4.58. The van der Waals surface area contributed by atoms with Crippen LogP contribution in [0, 0.1) is 19.3 Å². The second-order valence-corrected chi connectivity index (χ2v) is 9.97. The van der Waals surface area contributed by atoms with Gasteiger partial charge in [0.15, 0.2) is 0 Å². The minimum Gasteiger partial charge on any atom is -0.379 e. The summed E-state index contributed by atoms with van der Waals surface area (Å²) in [7, 11) is 0. The highest BCUT2D eigenvalue weighted by Gasteiger charge is 2.19. The second kappa shape index (κ2) is 12.1. The first-order chi connectivity index (χ1) is 18.2. The Labute approximate surface area is 223 Å². The van der Waals surface area contributed by atoms with E-state index in [-0.39, 0.29) is 24.1 Å². The first-order valence-electron chi connectivity index (χ1n) is 12.9. The molecule has 0 unspecified atom stereocenters. The van der Waals surface area contributed by atoms with Crippen LogP contribution in [0.25, 0.3) is 11.3 Å². The number of nitrogens with one attached hydrogen (secondary N) is 4. The van der Waals surface area contributed by atoms with Crippen LogP contribution in [0.4, 0.5) is 5.82 Å². The number of hydrogen-bond donors (Lipinski definition) is 4. The topological polar surface area (TPSA) is 123 Å². The minimum atomic E-state index is -0.373. The summed E-state index contributed by atoms with van der Waals surface area (Å²) in [4.78, 5) is 35.7. The van der Waals surface area contributed by atoms with Crippen LogP contribution >= 0.6 is 0 Å². The van der Waals surface area contributed by atoms with Gasteiger partial charge in [0.1, 0.15) is 5.82 Å². The van der Waals surface area contributed by atoms with Crippen LogP contribution in [0.15, 0.2) is 41.2 Å². The van der Waals surface area contributed by atoms with Crippen LogP contribution < -0.4 is 16.2 Å². The Balaban J connectivity index is 1.63. The Morgan fingerprint density at radius 1 is 1.18 bits per heavy atom. The summed E-state index contributed by atoms with van der Waals surface area (Å²) < 4.78 is 5.44. The zero-order valence-electron chi connectivity index (χ0n) is 22.5. The Morgan fingerprint density at radius 2 is 1.89 bits per heavy atom. The molecule has 0 saturated carbocycles. The molecule has 1 amide bonds. The number of aromatic nitrogens is 2. The van der Waals surface area contributed by atoms with Gasteiger partial charge in [-0.15, -0.1) is 0 Å². The number of aryl methyl sites for hydroxylation is 2. The standard InChI is InChI=1S/C29H36N6O3/c1-18(2)32-27-24(15-30)23(28(36)31-16-25-19(3)13-20(4)33-29(25)37)14-26(34-27)22-7-5-21(6-8-22)17-35-9-11-38-12-10-35/h5-8,13-15,18,30H,9-12,16-17H2,1-4H3,(H,31,36)(H,32,34)(H,33,37). The first kappa shape index (κ1) is 27.2. The molecule has 0 aliphatic carbocycles. The van der Waals surface area contributed by atoms with E-state index >= 15 is 0 Å². The third-order valence-corrected chi connectivity index (χ3v) is 6.55. The average Bonchev–Trinajstić information content (AvgIpc) is 2.88. The number of anilines is 1. The van der Waals surface area contributed by atoms with Crippen molar-refractivity contribution in [2.45, 2.75) is 46.8 Å². The number of amides is 1. The van der Waals surface area contributed by atoms with E-state index in [2.05, 4.69) is 32.7 Å². The number of morpholine rings is 1. The maximum atomic E-state index is 13.4. The van der Waals surface area contributed by atoms with Crippen LogP contribution in [0.2, 0.25) is 0 Å². The molecule has 4 N–H and O–H groups in total. The second-order valence-electron chi connectivity index (χ2n) is 9.97. The number of hydrogen-bond acceptors (Lipinski definition) is 7. The molecule has 200 valence electrons. The van der Waals surface area contributed by atoms with E-state index in [1.54, 1.807) is 6.07 Å². The van der Waals surface area contributed by atoms with Gasteiger partial charge in [-0.2, -0.15) is 0 Å². The highest BCUT2D eigenvalue weighted by atomic mass is 16.5. The molecule has 3 aromatic rings. The summed E-state index contributed by atoms with van der Waals surface area (Å²) in [5.41, 5.74) is 5.30. The quantitative estimate of drug-likeness (QED) is 0.322. The van der Waals surface area contributed by atoms with Crippen molar-refractivity contribution in [3.8, 4) is 11.3 Å². The van der Waals surface area contributed by atoms with Gasteiger partial charge in [0, 0.05) is 60.8 Å². The van der Waals surface area contributed by atoms with E-state index in [1.165, 1.54) is 5.56 Å². The summed E-state index contributed by atoms with van der Waals surface area (Å²) in [6, 6.07) is 11.8. The molecule has 4 rings (SSSR count). The van der Waals surface area contributed by atoms with Gasteiger partial charge in [0.25, 0.3) is 11.5 Å². The van der Waals surface area contributed by atoms with Crippen LogP contribution in [-0.4, -0.2) is 59.3 Å². The van der Waals surface area contributed by atoms with Crippen LogP contribution in [0.3, 0.4) is 0 Å². The molecule has 0 spiro atoms. The molecule has 38 heavy (non-hydrogen) atoms. The Hall–Kier alpha value is -3.82. The van der Waals surface area contributed by atoms with Gasteiger partial charge in [0.05, 0.1) is 24.5 Å². The molecule has 9 heteroatoms. The molecule has 1 aliphatic heterocycles. The predicted octanol–water partition coefficient (Wildman–Crippen LogP) is 3.63. The molecular formula is C29H36N6O3. The molecular weight excluding hydrogens is 480 g/mol. The molecule has 0 radical (unpaired) electrons. The number of aromatic amines is 1. The highest BCUT2D eigenvalue weighted by Crippen LogP contribution is 2.26. The van der Waals surface area contributed by atoms with Crippen molar-refractivity contribution in [2.75, 3.05) is 31.6 Å². The largest absolute Gasteiger partial charge is 0.379 e. The Kier molecular flexibility index (Phi) is 8.70. The third-order valence-electron chi connectivity index (χ3n) is 6.55. The number of benzene rings is 1. The van der Waals surface area contributed by atoms with Gasteiger partial charge in [-0.1, -0.05) is 24.3 Å². The van der Waals surface area contributed by atoms with Gasteiger partial charge in [-0.05, 0) is 51.0 Å². The number of nitrogens with zero attached hydrogens (tertiary/aromatic N) is 2.